The van der Waals surface area contributed by atoms with Crippen molar-refractivity contribution in [1.82, 2.24) is 10.2 Å². The molecule has 15 heavy (non-hydrogen) atoms. The minimum Gasteiger partial charge on any atom is -0.314 e. The first-order valence-corrected chi connectivity index (χ1v) is 6.04. The second-order valence-corrected chi connectivity index (χ2v) is 5.01. The molecule has 1 fully saturated rings. The highest BCUT2D eigenvalue weighted by Gasteiger charge is 2.29. The lowest BCUT2D eigenvalue weighted by atomic mass is 9.93. The van der Waals surface area contributed by atoms with Gasteiger partial charge in [0.1, 0.15) is 5.78 Å². The van der Waals surface area contributed by atoms with Crippen molar-refractivity contribution in [2.24, 2.45) is 0 Å². The molecule has 0 aromatic heterocycles. The number of piperazine rings is 1. The number of Topliss-reactive ketones (excluding diaryl/α,β-unsaturated/α-hetero) is 1. The summed E-state index contributed by atoms with van der Waals surface area (Å²) in [6.45, 7) is 10.7. The third-order valence-corrected chi connectivity index (χ3v) is 3.13. The molecule has 3 heteroatoms. The number of carbonyl (C=O) groups excluding carboxylic acids is 1. The third-order valence-electron chi connectivity index (χ3n) is 3.13. The van der Waals surface area contributed by atoms with Crippen LogP contribution in [0.3, 0.4) is 0 Å². The van der Waals surface area contributed by atoms with Crippen LogP contribution in [-0.4, -0.2) is 42.4 Å². The van der Waals surface area contributed by atoms with Gasteiger partial charge in [-0.2, -0.15) is 0 Å². The minimum absolute atomic E-state index is 0.0361. The second-order valence-electron chi connectivity index (χ2n) is 5.01. The Kier molecular flexibility index (Phi) is 4.74. The van der Waals surface area contributed by atoms with Crippen LogP contribution in [0, 0.1) is 0 Å². The number of hydrogen-bond acceptors (Lipinski definition) is 3. The lowest BCUT2D eigenvalue weighted by molar-refractivity contribution is -0.121. The lowest BCUT2D eigenvalue weighted by Gasteiger charge is -2.40. The van der Waals surface area contributed by atoms with E-state index in [1.54, 1.807) is 0 Å². The van der Waals surface area contributed by atoms with Crippen molar-refractivity contribution in [2.45, 2.75) is 45.6 Å². The topological polar surface area (TPSA) is 32.3 Å². The van der Waals surface area contributed by atoms with Crippen molar-refractivity contribution < 1.29 is 4.79 Å². The van der Waals surface area contributed by atoms with Gasteiger partial charge in [-0.05, 0) is 20.3 Å². The molecular formula is C12H24N2O. The molecule has 1 N–H and O–H groups in total. The SMILES string of the molecule is CCCC(=O)CC(C)(C)N1CCNCC1. The maximum atomic E-state index is 11.7. The van der Waals surface area contributed by atoms with Crippen LogP contribution in [0.5, 0.6) is 0 Å². The molecule has 0 radical (unpaired) electrons. The molecule has 0 saturated carbocycles. The Balaban J connectivity index is 2.45. The van der Waals surface area contributed by atoms with Crippen molar-refractivity contribution in [2.75, 3.05) is 26.2 Å². The summed E-state index contributed by atoms with van der Waals surface area (Å²) in [5.74, 6) is 0.404. The summed E-state index contributed by atoms with van der Waals surface area (Å²) in [6, 6.07) is 0. The quantitative estimate of drug-likeness (QED) is 0.748. The summed E-state index contributed by atoms with van der Waals surface area (Å²) in [7, 11) is 0. The van der Waals surface area contributed by atoms with Gasteiger partial charge in [-0.15, -0.1) is 0 Å². The number of rotatable bonds is 5. The molecule has 0 spiro atoms. The molecule has 0 aromatic carbocycles. The normalized spacial score (nSPS) is 19.1. The summed E-state index contributed by atoms with van der Waals surface area (Å²) in [6.07, 6.45) is 2.40. The molecule has 1 aliphatic heterocycles. The van der Waals surface area contributed by atoms with E-state index in [9.17, 15) is 4.79 Å². The minimum atomic E-state index is 0.0361. The average molecular weight is 212 g/mol. The maximum absolute atomic E-state index is 11.7. The summed E-state index contributed by atoms with van der Waals surface area (Å²) in [4.78, 5) is 14.1. The highest BCUT2D eigenvalue weighted by molar-refractivity contribution is 5.79. The van der Waals surface area contributed by atoms with Crippen LogP contribution in [0.15, 0.2) is 0 Å². The Hall–Kier alpha value is -0.410. The van der Waals surface area contributed by atoms with Gasteiger partial charge in [0.05, 0.1) is 0 Å². The van der Waals surface area contributed by atoms with E-state index in [1.165, 1.54) is 0 Å². The summed E-state index contributed by atoms with van der Waals surface area (Å²) in [5.41, 5.74) is 0.0361. The first-order chi connectivity index (χ1) is 7.06. The van der Waals surface area contributed by atoms with E-state index in [2.05, 4.69) is 31.0 Å². The summed E-state index contributed by atoms with van der Waals surface area (Å²) in [5, 5.41) is 3.34. The predicted octanol–water partition coefficient (Wildman–Crippen LogP) is 1.43. The summed E-state index contributed by atoms with van der Waals surface area (Å²) >= 11 is 0. The summed E-state index contributed by atoms with van der Waals surface area (Å²) < 4.78 is 0. The van der Waals surface area contributed by atoms with Gasteiger partial charge in [0.2, 0.25) is 0 Å². The highest BCUT2D eigenvalue weighted by atomic mass is 16.1. The third kappa shape index (κ3) is 3.92. The van der Waals surface area contributed by atoms with Crippen LogP contribution in [0.1, 0.15) is 40.0 Å². The second kappa shape index (κ2) is 5.61. The van der Waals surface area contributed by atoms with E-state index in [0.717, 1.165) is 39.0 Å². The van der Waals surface area contributed by atoms with E-state index >= 15 is 0 Å². The van der Waals surface area contributed by atoms with Crippen molar-refractivity contribution >= 4 is 5.78 Å². The van der Waals surface area contributed by atoms with Crippen molar-refractivity contribution in [3.63, 3.8) is 0 Å². The standard InChI is InChI=1S/C12H24N2O/c1-4-5-11(15)10-12(2,3)14-8-6-13-7-9-14/h13H,4-10H2,1-3H3. The number of ketones is 1. The fourth-order valence-electron chi connectivity index (χ4n) is 2.23. The zero-order chi connectivity index (χ0) is 11.3. The molecule has 0 unspecified atom stereocenters. The zero-order valence-corrected chi connectivity index (χ0v) is 10.3. The van der Waals surface area contributed by atoms with Crippen molar-refractivity contribution in [3.05, 3.63) is 0 Å². The van der Waals surface area contributed by atoms with E-state index in [4.69, 9.17) is 0 Å². The van der Waals surface area contributed by atoms with Gasteiger partial charge in [-0.3, -0.25) is 9.69 Å². The molecular weight excluding hydrogens is 188 g/mol. The Labute approximate surface area is 93.2 Å². The molecule has 0 bridgehead atoms. The smallest absolute Gasteiger partial charge is 0.134 e. The monoisotopic (exact) mass is 212 g/mol. The van der Waals surface area contributed by atoms with Crippen molar-refractivity contribution in [1.29, 1.82) is 0 Å². The maximum Gasteiger partial charge on any atom is 0.134 e. The fraction of sp³-hybridized carbons (Fsp3) is 0.917. The molecule has 88 valence electrons. The molecule has 0 aliphatic carbocycles. The molecule has 3 nitrogen and oxygen atoms in total. The van der Waals surface area contributed by atoms with E-state index in [0.29, 0.717) is 12.2 Å². The van der Waals surface area contributed by atoms with Gasteiger partial charge < -0.3 is 5.32 Å². The Morgan fingerprint density at radius 2 is 1.93 bits per heavy atom. The van der Waals surface area contributed by atoms with Gasteiger partial charge in [0.15, 0.2) is 0 Å². The lowest BCUT2D eigenvalue weighted by Crippen LogP contribution is -2.54. The molecule has 0 amide bonds. The average Bonchev–Trinajstić information content (AvgIpc) is 2.18. The first kappa shape index (κ1) is 12.7. The number of nitrogens with one attached hydrogen (secondary N) is 1. The van der Waals surface area contributed by atoms with Gasteiger partial charge in [-0.25, -0.2) is 0 Å². The predicted molar refractivity (Wildman–Crippen MR) is 63.1 cm³/mol. The molecule has 0 atom stereocenters. The van der Waals surface area contributed by atoms with Crippen LogP contribution in [-0.2, 0) is 4.79 Å². The van der Waals surface area contributed by atoms with Crippen molar-refractivity contribution in [3.8, 4) is 0 Å². The number of nitrogens with zero attached hydrogens (tertiary/aromatic N) is 1. The zero-order valence-electron chi connectivity index (χ0n) is 10.3. The van der Waals surface area contributed by atoms with Gasteiger partial charge >= 0.3 is 0 Å². The fourth-order valence-corrected chi connectivity index (χ4v) is 2.23. The molecule has 0 aromatic rings. The van der Waals surface area contributed by atoms with Crippen LogP contribution < -0.4 is 5.32 Å². The van der Waals surface area contributed by atoms with E-state index in [-0.39, 0.29) is 5.54 Å². The Morgan fingerprint density at radius 1 is 1.33 bits per heavy atom. The Morgan fingerprint density at radius 3 is 2.47 bits per heavy atom. The van der Waals surface area contributed by atoms with E-state index in [1.807, 2.05) is 0 Å². The van der Waals surface area contributed by atoms with Crippen LogP contribution in [0.25, 0.3) is 0 Å². The molecule has 1 heterocycles. The largest absolute Gasteiger partial charge is 0.314 e. The molecule has 1 aliphatic rings. The van der Waals surface area contributed by atoms with Crippen LogP contribution >= 0.6 is 0 Å². The molecule has 1 rings (SSSR count). The number of hydrogen-bond donors (Lipinski definition) is 1. The Bertz CT molecular complexity index is 208. The van der Waals surface area contributed by atoms with Gasteiger partial charge in [-0.1, -0.05) is 6.92 Å². The van der Waals surface area contributed by atoms with Crippen LogP contribution in [0.4, 0.5) is 0 Å². The molecule has 1 saturated heterocycles. The van der Waals surface area contributed by atoms with E-state index < -0.39 is 0 Å². The van der Waals surface area contributed by atoms with Crippen LogP contribution in [0.2, 0.25) is 0 Å². The highest BCUT2D eigenvalue weighted by Crippen LogP contribution is 2.20. The van der Waals surface area contributed by atoms with Gasteiger partial charge in [0, 0.05) is 44.6 Å². The van der Waals surface area contributed by atoms with Gasteiger partial charge in [0.25, 0.3) is 0 Å². The first-order valence-electron chi connectivity index (χ1n) is 6.04. The number of carbonyl (C=O) groups is 1.